The highest BCUT2D eigenvalue weighted by Crippen LogP contribution is 2.40. The molecule has 2 aromatic rings. The average molecular weight is 267 g/mol. The van der Waals surface area contributed by atoms with Gasteiger partial charge < -0.3 is 10.0 Å². The lowest BCUT2D eigenvalue weighted by Crippen LogP contribution is -2.32. The summed E-state index contributed by atoms with van der Waals surface area (Å²) in [5.74, 6) is 0.397. The van der Waals surface area contributed by atoms with E-state index in [0.29, 0.717) is 11.8 Å². The highest BCUT2D eigenvalue weighted by atomic mass is 16.3. The summed E-state index contributed by atoms with van der Waals surface area (Å²) in [5.41, 5.74) is 4.79. The molecule has 3 rings (SSSR count). The molecule has 0 spiro atoms. The van der Waals surface area contributed by atoms with Crippen molar-refractivity contribution in [3.8, 4) is 5.75 Å². The molecule has 0 saturated carbocycles. The van der Waals surface area contributed by atoms with Gasteiger partial charge in [-0.2, -0.15) is 0 Å². The lowest BCUT2D eigenvalue weighted by Gasteiger charge is -2.32. The lowest BCUT2D eigenvalue weighted by molar-refractivity contribution is 0.457. The second-order valence-electron chi connectivity index (χ2n) is 5.83. The van der Waals surface area contributed by atoms with Gasteiger partial charge in [0.15, 0.2) is 0 Å². The first-order chi connectivity index (χ1) is 9.58. The van der Waals surface area contributed by atoms with Gasteiger partial charge >= 0.3 is 0 Å². The van der Waals surface area contributed by atoms with Gasteiger partial charge in [-0.3, -0.25) is 0 Å². The molecule has 2 aromatic carbocycles. The van der Waals surface area contributed by atoms with Gasteiger partial charge in [0.05, 0.1) is 6.04 Å². The van der Waals surface area contributed by atoms with Crippen molar-refractivity contribution in [2.45, 2.75) is 39.3 Å². The van der Waals surface area contributed by atoms with Crippen LogP contribution in [0.3, 0.4) is 0 Å². The van der Waals surface area contributed by atoms with Crippen molar-refractivity contribution in [1.82, 2.24) is 0 Å². The summed E-state index contributed by atoms with van der Waals surface area (Å²) in [5, 5.41) is 10.2. The molecule has 104 valence electrons. The molecule has 1 aliphatic rings. The molecule has 1 aliphatic heterocycles. The molecule has 1 N–H and O–H groups in total. The Balaban J connectivity index is 2.00. The molecule has 0 aliphatic carbocycles. The van der Waals surface area contributed by atoms with Crippen LogP contribution in [0.1, 0.15) is 36.6 Å². The Morgan fingerprint density at radius 1 is 1.20 bits per heavy atom. The zero-order valence-electron chi connectivity index (χ0n) is 12.3. The number of anilines is 1. The number of aromatic hydroxyl groups is 1. The van der Waals surface area contributed by atoms with Crippen LogP contribution in [0.4, 0.5) is 5.69 Å². The van der Waals surface area contributed by atoms with E-state index in [9.17, 15) is 5.11 Å². The maximum atomic E-state index is 10.2. The molecule has 0 amide bonds. The summed E-state index contributed by atoms with van der Waals surface area (Å²) < 4.78 is 0. The number of phenols is 1. The number of aryl methyl sites for hydroxylation is 1. The number of nitrogens with zero attached hydrogens (tertiary/aromatic N) is 1. The van der Waals surface area contributed by atoms with Gasteiger partial charge in [0.2, 0.25) is 0 Å². The largest absolute Gasteiger partial charge is 0.508 e. The van der Waals surface area contributed by atoms with Gasteiger partial charge in [-0.05, 0) is 50.5 Å². The molecule has 0 radical (unpaired) electrons. The van der Waals surface area contributed by atoms with Crippen molar-refractivity contribution in [2.75, 3.05) is 4.90 Å². The second kappa shape index (κ2) is 4.86. The quantitative estimate of drug-likeness (QED) is 0.881. The number of para-hydroxylation sites is 1. The third kappa shape index (κ3) is 2.05. The molecule has 0 aromatic heterocycles. The Bertz CT molecular complexity index is 635. The highest BCUT2D eigenvalue weighted by Gasteiger charge is 2.30. The Kier molecular flexibility index (Phi) is 3.17. The van der Waals surface area contributed by atoms with Crippen molar-refractivity contribution >= 4 is 5.69 Å². The zero-order valence-corrected chi connectivity index (χ0v) is 12.3. The summed E-state index contributed by atoms with van der Waals surface area (Å²) in [6, 6.07) is 15.2. The summed E-state index contributed by atoms with van der Waals surface area (Å²) >= 11 is 0. The van der Waals surface area contributed by atoms with Crippen molar-refractivity contribution in [3.05, 3.63) is 59.2 Å². The van der Waals surface area contributed by atoms with E-state index in [0.717, 1.165) is 17.5 Å². The molecule has 2 nitrogen and oxygen atoms in total. The smallest absolute Gasteiger partial charge is 0.121 e. The minimum atomic E-state index is 0.175. The monoisotopic (exact) mass is 267 g/mol. The van der Waals surface area contributed by atoms with Gasteiger partial charge in [0, 0.05) is 17.3 Å². The fraction of sp³-hybridized carbons (Fsp3) is 0.333. The summed E-state index contributed by atoms with van der Waals surface area (Å²) in [6.07, 6.45) is 1.08. The number of benzene rings is 2. The molecular weight excluding hydrogens is 246 g/mol. The van der Waals surface area contributed by atoms with Crippen LogP contribution in [0.2, 0.25) is 0 Å². The highest BCUT2D eigenvalue weighted by molar-refractivity contribution is 5.61. The Hall–Kier alpha value is -1.96. The molecule has 20 heavy (non-hydrogen) atoms. The second-order valence-corrected chi connectivity index (χ2v) is 5.83. The zero-order chi connectivity index (χ0) is 14.3. The number of rotatable bonds is 2. The number of fused-ring (bicyclic) bond motifs is 1. The summed E-state index contributed by atoms with van der Waals surface area (Å²) in [6.45, 7) is 6.42. The summed E-state index contributed by atoms with van der Waals surface area (Å²) in [4.78, 5) is 2.42. The molecule has 0 fully saturated rings. The first kappa shape index (κ1) is 13.0. The van der Waals surface area contributed by atoms with Crippen LogP contribution in [-0.2, 0) is 6.42 Å². The van der Waals surface area contributed by atoms with Crippen LogP contribution in [0.15, 0.2) is 42.5 Å². The average Bonchev–Trinajstić information content (AvgIpc) is 2.73. The van der Waals surface area contributed by atoms with Crippen LogP contribution < -0.4 is 4.90 Å². The van der Waals surface area contributed by atoms with Crippen molar-refractivity contribution in [2.24, 2.45) is 0 Å². The van der Waals surface area contributed by atoms with Crippen LogP contribution >= 0.6 is 0 Å². The van der Waals surface area contributed by atoms with Crippen LogP contribution in [0, 0.1) is 6.92 Å². The Labute approximate surface area is 120 Å². The Morgan fingerprint density at radius 3 is 2.70 bits per heavy atom. The van der Waals surface area contributed by atoms with Crippen molar-refractivity contribution < 1.29 is 5.11 Å². The van der Waals surface area contributed by atoms with E-state index < -0.39 is 0 Å². The van der Waals surface area contributed by atoms with Crippen LogP contribution in [0.5, 0.6) is 5.75 Å². The van der Waals surface area contributed by atoms with E-state index in [1.54, 1.807) is 0 Å². The standard InChI is InChI=1S/C18H21NO/c1-12-8-9-16(18(20)10-12)14(3)19-13(2)11-15-6-4-5-7-17(15)19/h4-10,13-14,20H,11H2,1-3H3. The van der Waals surface area contributed by atoms with Crippen LogP contribution in [-0.4, -0.2) is 11.1 Å². The molecule has 0 bridgehead atoms. The maximum Gasteiger partial charge on any atom is 0.121 e. The molecule has 2 heteroatoms. The van der Waals surface area contributed by atoms with Gasteiger partial charge in [-0.1, -0.05) is 30.3 Å². The normalized spacial score (nSPS) is 18.9. The van der Waals surface area contributed by atoms with Gasteiger partial charge in [0.25, 0.3) is 0 Å². The van der Waals surface area contributed by atoms with Crippen molar-refractivity contribution in [1.29, 1.82) is 0 Å². The molecule has 2 atom stereocenters. The van der Waals surface area contributed by atoms with Gasteiger partial charge in [0.1, 0.15) is 5.75 Å². The molecule has 1 heterocycles. The fourth-order valence-corrected chi connectivity index (χ4v) is 3.34. The Morgan fingerprint density at radius 2 is 1.95 bits per heavy atom. The predicted octanol–water partition coefficient (Wildman–Crippen LogP) is 4.21. The van der Waals surface area contributed by atoms with Crippen LogP contribution in [0.25, 0.3) is 0 Å². The minimum absolute atomic E-state index is 0.175. The van der Waals surface area contributed by atoms with E-state index in [2.05, 4.69) is 49.1 Å². The predicted molar refractivity (Wildman–Crippen MR) is 83.3 cm³/mol. The van der Waals surface area contributed by atoms with E-state index in [1.165, 1.54) is 11.3 Å². The fourth-order valence-electron chi connectivity index (χ4n) is 3.34. The first-order valence-electron chi connectivity index (χ1n) is 7.23. The number of hydrogen-bond donors (Lipinski definition) is 1. The maximum absolute atomic E-state index is 10.2. The molecular formula is C18H21NO. The lowest BCUT2D eigenvalue weighted by atomic mass is 10.0. The van der Waals surface area contributed by atoms with E-state index >= 15 is 0 Å². The molecule has 0 saturated heterocycles. The van der Waals surface area contributed by atoms with E-state index in [4.69, 9.17) is 0 Å². The minimum Gasteiger partial charge on any atom is -0.508 e. The van der Waals surface area contributed by atoms with Gasteiger partial charge in [-0.25, -0.2) is 0 Å². The third-order valence-electron chi connectivity index (χ3n) is 4.31. The van der Waals surface area contributed by atoms with E-state index in [1.807, 2.05) is 19.1 Å². The first-order valence-corrected chi connectivity index (χ1v) is 7.23. The number of hydrogen-bond acceptors (Lipinski definition) is 2. The number of phenolic OH excluding ortho intramolecular Hbond substituents is 1. The topological polar surface area (TPSA) is 23.5 Å². The van der Waals surface area contributed by atoms with Gasteiger partial charge in [-0.15, -0.1) is 0 Å². The molecule has 2 unspecified atom stereocenters. The summed E-state index contributed by atoms with van der Waals surface area (Å²) in [7, 11) is 0. The van der Waals surface area contributed by atoms with Crippen molar-refractivity contribution in [3.63, 3.8) is 0 Å². The van der Waals surface area contributed by atoms with E-state index in [-0.39, 0.29) is 6.04 Å². The SMILES string of the molecule is Cc1ccc(C(C)N2c3ccccc3CC2C)c(O)c1. The third-order valence-corrected chi connectivity index (χ3v) is 4.31.